The molecule has 112 valence electrons. The third-order valence-electron chi connectivity index (χ3n) is 3.51. The van der Waals surface area contributed by atoms with Crippen LogP contribution in [0.1, 0.15) is 32.9 Å². The van der Waals surface area contributed by atoms with E-state index in [-0.39, 0.29) is 11.4 Å². The third-order valence-corrected chi connectivity index (χ3v) is 3.51. The molecule has 1 aliphatic rings. The van der Waals surface area contributed by atoms with Crippen LogP contribution in [0.3, 0.4) is 0 Å². The third kappa shape index (κ3) is 3.50. The predicted molar refractivity (Wildman–Crippen MR) is 80.0 cm³/mol. The Morgan fingerprint density at radius 1 is 1.35 bits per heavy atom. The summed E-state index contributed by atoms with van der Waals surface area (Å²) in [5.41, 5.74) is 0.959. The van der Waals surface area contributed by atoms with Crippen LogP contribution in [0, 0.1) is 0 Å². The molecule has 0 saturated carbocycles. The maximum Gasteiger partial charge on any atom is 0.323 e. The summed E-state index contributed by atoms with van der Waals surface area (Å²) in [7, 11) is 1.86. The Kier molecular flexibility index (Phi) is 4.32. The molecule has 0 spiro atoms. The van der Waals surface area contributed by atoms with Crippen LogP contribution in [0.15, 0.2) is 6.07 Å². The van der Waals surface area contributed by atoms with Crippen molar-refractivity contribution < 1.29 is 4.79 Å². The smallest absolute Gasteiger partial charge is 0.323 e. The maximum absolute atomic E-state index is 12.3. The van der Waals surface area contributed by atoms with Gasteiger partial charge in [-0.3, -0.25) is 10.00 Å². The van der Waals surface area contributed by atoms with Crippen LogP contribution in [0.5, 0.6) is 0 Å². The molecule has 2 N–H and O–H groups in total. The Bertz CT molecular complexity index is 466. The molecule has 20 heavy (non-hydrogen) atoms. The zero-order valence-corrected chi connectivity index (χ0v) is 12.9. The number of hydrogen-bond donors (Lipinski definition) is 2. The van der Waals surface area contributed by atoms with Gasteiger partial charge >= 0.3 is 6.03 Å². The molecule has 1 fully saturated rings. The number of anilines is 1. The first-order valence-corrected chi connectivity index (χ1v) is 7.19. The molecule has 2 rings (SSSR count). The van der Waals surface area contributed by atoms with E-state index in [1.54, 1.807) is 4.68 Å². The van der Waals surface area contributed by atoms with E-state index in [9.17, 15) is 4.79 Å². The largest absolute Gasteiger partial charge is 0.323 e. The number of aromatic nitrogens is 2. The molecule has 0 radical (unpaired) electrons. The quantitative estimate of drug-likeness (QED) is 0.820. The van der Waals surface area contributed by atoms with Gasteiger partial charge in [-0.25, -0.2) is 4.79 Å². The summed E-state index contributed by atoms with van der Waals surface area (Å²) < 4.78 is 1.73. The summed E-state index contributed by atoms with van der Waals surface area (Å²) >= 11 is 0. The van der Waals surface area contributed by atoms with Gasteiger partial charge in [0, 0.05) is 38.2 Å². The highest BCUT2D eigenvalue weighted by Crippen LogP contribution is 2.23. The Morgan fingerprint density at radius 3 is 2.75 bits per heavy atom. The van der Waals surface area contributed by atoms with Crippen molar-refractivity contribution >= 4 is 11.8 Å². The summed E-state index contributed by atoms with van der Waals surface area (Å²) in [4.78, 5) is 14.1. The number of rotatable bonds is 1. The fourth-order valence-electron chi connectivity index (χ4n) is 2.19. The molecule has 0 aromatic carbocycles. The van der Waals surface area contributed by atoms with Gasteiger partial charge in [0.25, 0.3) is 0 Å². The van der Waals surface area contributed by atoms with E-state index in [1.165, 1.54) is 0 Å². The molecule has 2 amide bonds. The molecule has 6 heteroatoms. The zero-order chi connectivity index (χ0) is 14.8. The van der Waals surface area contributed by atoms with E-state index < -0.39 is 0 Å². The number of carbonyl (C=O) groups is 1. The van der Waals surface area contributed by atoms with Crippen molar-refractivity contribution in [3.63, 3.8) is 0 Å². The average molecular weight is 279 g/mol. The van der Waals surface area contributed by atoms with Gasteiger partial charge in [0.2, 0.25) is 0 Å². The minimum atomic E-state index is -0.0443. The van der Waals surface area contributed by atoms with Gasteiger partial charge in [0.1, 0.15) is 5.82 Å². The average Bonchev–Trinajstić information content (AvgIpc) is 2.61. The second-order valence-corrected chi connectivity index (χ2v) is 6.31. The lowest BCUT2D eigenvalue weighted by Crippen LogP contribution is -2.37. The summed E-state index contributed by atoms with van der Waals surface area (Å²) in [6, 6.07) is 1.91. The molecule has 0 bridgehead atoms. The van der Waals surface area contributed by atoms with E-state index in [1.807, 2.05) is 18.0 Å². The number of hydrogen-bond acceptors (Lipinski definition) is 3. The number of carbonyl (C=O) groups excluding carboxylic acids is 1. The van der Waals surface area contributed by atoms with E-state index >= 15 is 0 Å². The Balaban J connectivity index is 2.05. The number of amides is 2. The van der Waals surface area contributed by atoms with Crippen molar-refractivity contribution in [1.29, 1.82) is 0 Å². The van der Waals surface area contributed by atoms with Crippen LogP contribution in [-0.2, 0) is 12.5 Å². The zero-order valence-electron chi connectivity index (χ0n) is 12.9. The summed E-state index contributed by atoms with van der Waals surface area (Å²) in [5.74, 6) is 0.747. The monoisotopic (exact) mass is 279 g/mol. The fourth-order valence-corrected chi connectivity index (χ4v) is 2.19. The molecule has 2 heterocycles. The van der Waals surface area contributed by atoms with Crippen molar-refractivity contribution in [2.75, 3.05) is 31.5 Å². The van der Waals surface area contributed by atoms with E-state index in [2.05, 4.69) is 36.5 Å². The van der Waals surface area contributed by atoms with Crippen molar-refractivity contribution in [3.8, 4) is 0 Å². The first-order valence-electron chi connectivity index (χ1n) is 7.19. The molecular formula is C14H25N5O. The Labute approximate surface area is 120 Å². The minimum absolute atomic E-state index is 0.0206. The normalized spacial score (nSPS) is 16.9. The summed E-state index contributed by atoms with van der Waals surface area (Å²) in [6.45, 7) is 9.71. The van der Waals surface area contributed by atoms with Gasteiger partial charge in [-0.1, -0.05) is 20.8 Å². The fraction of sp³-hybridized carbons (Fsp3) is 0.714. The van der Waals surface area contributed by atoms with E-state index in [0.717, 1.165) is 44.1 Å². The molecular weight excluding hydrogens is 254 g/mol. The van der Waals surface area contributed by atoms with Gasteiger partial charge in [0.05, 0.1) is 5.69 Å². The van der Waals surface area contributed by atoms with Crippen molar-refractivity contribution in [2.45, 2.75) is 32.6 Å². The number of urea groups is 1. The van der Waals surface area contributed by atoms with Crippen LogP contribution in [0.4, 0.5) is 10.6 Å². The molecule has 0 atom stereocenters. The van der Waals surface area contributed by atoms with E-state index in [4.69, 9.17) is 0 Å². The number of nitrogens with zero attached hydrogens (tertiary/aromatic N) is 3. The molecule has 6 nitrogen and oxygen atoms in total. The highest BCUT2D eigenvalue weighted by atomic mass is 16.2. The summed E-state index contributed by atoms with van der Waals surface area (Å²) in [6.07, 6.45) is 0.992. The van der Waals surface area contributed by atoms with Gasteiger partial charge in [-0.15, -0.1) is 0 Å². The van der Waals surface area contributed by atoms with Crippen LogP contribution in [0.2, 0.25) is 0 Å². The van der Waals surface area contributed by atoms with Crippen molar-refractivity contribution in [3.05, 3.63) is 11.8 Å². The Hall–Kier alpha value is -1.56. The van der Waals surface area contributed by atoms with E-state index in [0.29, 0.717) is 0 Å². The lowest BCUT2D eigenvalue weighted by Gasteiger charge is -2.20. The van der Waals surface area contributed by atoms with Crippen LogP contribution < -0.4 is 10.6 Å². The predicted octanol–water partition coefficient (Wildman–Crippen LogP) is 1.54. The van der Waals surface area contributed by atoms with Gasteiger partial charge in [-0.05, 0) is 13.0 Å². The van der Waals surface area contributed by atoms with Crippen molar-refractivity contribution in [1.82, 2.24) is 20.0 Å². The SMILES string of the molecule is Cn1nc(C(C)(C)C)cc1NC(=O)N1CCCNCC1. The molecule has 1 aliphatic heterocycles. The lowest BCUT2D eigenvalue weighted by molar-refractivity contribution is 0.215. The highest BCUT2D eigenvalue weighted by molar-refractivity contribution is 5.88. The first kappa shape index (κ1) is 14.8. The molecule has 1 aromatic heterocycles. The molecule has 0 unspecified atom stereocenters. The second kappa shape index (κ2) is 5.83. The van der Waals surface area contributed by atoms with Gasteiger partial charge < -0.3 is 10.2 Å². The summed E-state index contributed by atoms with van der Waals surface area (Å²) in [5, 5.41) is 10.7. The number of nitrogens with one attached hydrogen (secondary N) is 2. The van der Waals surface area contributed by atoms with Crippen LogP contribution in [0.25, 0.3) is 0 Å². The lowest BCUT2D eigenvalue weighted by atomic mass is 9.92. The van der Waals surface area contributed by atoms with Crippen LogP contribution in [-0.4, -0.2) is 46.9 Å². The minimum Gasteiger partial charge on any atom is -0.323 e. The Morgan fingerprint density at radius 2 is 2.10 bits per heavy atom. The first-order chi connectivity index (χ1) is 9.38. The highest BCUT2D eigenvalue weighted by Gasteiger charge is 2.21. The van der Waals surface area contributed by atoms with Gasteiger partial charge in [0.15, 0.2) is 0 Å². The molecule has 0 aliphatic carbocycles. The molecule has 1 aromatic rings. The topological polar surface area (TPSA) is 62.2 Å². The van der Waals surface area contributed by atoms with Crippen molar-refractivity contribution in [2.24, 2.45) is 7.05 Å². The standard InChI is InChI=1S/C14H25N5O/c1-14(2,3)11-10-12(18(4)17-11)16-13(20)19-8-5-6-15-7-9-19/h10,15H,5-9H2,1-4H3,(H,16,20). The second-order valence-electron chi connectivity index (χ2n) is 6.31. The molecule has 1 saturated heterocycles. The van der Waals surface area contributed by atoms with Gasteiger partial charge in [-0.2, -0.15) is 5.10 Å². The van der Waals surface area contributed by atoms with Crippen LogP contribution >= 0.6 is 0 Å². The maximum atomic E-state index is 12.3. The number of aryl methyl sites for hydroxylation is 1.